The molecule has 1 aromatic rings. The van der Waals surface area contributed by atoms with Crippen LogP contribution in [0.5, 0.6) is 0 Å². The maximum absolute atomic E-state index is 13.6. The van der Waals surface area contributed by atoms with Crippen molar-refractivity contribution in [2.24, 2.45) is 0 Å². The highest BCUT2D eigenvalue weighted by atomic mass is 35.5. The highest BCUT2D eigenvalue weighted by Crippen LogP contribution is 2.33. The van der Waals surface area contributed by atoms with E-state index in [0.717, 1.165) is 38.0 Å². The Kier molecular flexibility index (Phi) is 5.81. The Balaban J connectivity index is 0.00000176. The number of halogens is 2. The van der Waals surface area contributed by atoms with E-state index in [1.807, 2.05) is 11.0 Å². The van der Waals surface area contributed by atoms with E-state index in [1.165, 1.54) is 24.5 Å². The summed E-state index contributed by atoms with van der Waals surface area (Å²) >= 11 is 0. The summed E-state index contributed by atoms with van der Waals surface area (Å²) in [5.74, 6) is -0.0104. The monoisotopic (exact) mass is 326 g/mol. The normalized spacial score (nSPS) is 21.1. The van der Waals surface area contributed by atoms with Crippen LogP contribution in [0.1, 0.15) is 43.4 Å². The number of carbonyl (C=O) groups excluding carboxylic acids is 1. The topological polar surface area (TPSA) is 23.6 Å². The molecule has 1 fully saturated rings. The number of hydrogen-bond acceptors (Lipinski definition) is 2. The van der Waals surface area contributed by atoms with E-state index < -0.39 is 0 Å². The number of fused-ring (bicyclic) bond motifs is 3. The average Bonchev–Trinajstić information content (AvgIpc) is 2.47. The zero-order valence-corrected chi connectivity index (χ0v) is 13.9. The zero-order chi connectivity index (χ0) is 14.8. The second-order valence-corrected chi connectivity index (χ2v) is 6.14. The quantitative estimate of drug-likeness (QED) is 0.793. The van der Waals surface area contributed by atoms with Gasteiger partial charge in [-0.2, -0.15) is 0 Å². The molecule has 0 saturated carbocycles. The molecule has 0 aromatic heterocycles. The molecule has 2 aliphatic heterocycles. The molecular formula is C17H24ClFN2O. The molecule has 1 aromatic carbocycles. The summed E-state index contributed by atoms with van der Waals surface area (Å²) in [6, 6.07) is 5.06. The fourth-order valence-corrected chi connectivity index (χ4v) is 3.51. The van der Waals surface area contributed by atoms with Crippen LogP contribution in [-0.2, 0) is 11.2 Å². The van der Waals surface area contributed by atoms with E-state index in [1.54, 1.807) is 6.07 Å². The van der Waals surface area contributed by atoms with Crippen molar-refractivity contribution in [1.82, 2.24) is 9.80 Å². The number of hydrogen-bond donors (Lipinski definition) is 0. The maximum atomic E-state index is 13.6. The highest BCUT2D eigenvalue weighted by molar-refractivity contribution is 5.85. The van der Waals surface area contributed by atoms with E-state index in [-0.39, 0.29) is 30.2 Å². The smallest absolute Gasteiger partial charge is 0.237 e. The van der Waals surface area contributed by atoms with Crippen LogP contribution in [-0.4, -0.2) is 41.9 Å². The van der Waals surface area contributed by atoms with Crippen molar-refractivity contribution in [1.29, 1.82) is 0 Å². The number of amides is 1. The van der Waals surface area contributed by atoms with Crippen LogP contribution in [0.25, 0.3) is 0 Å². The van der Waals surface area contributed by atoms with Gasteiger partial charge in [-0.3, -0.25) is 9.69 Å². The molecule has 2 heterocycles. The lowest BCUT2D eigenvalue weighted by molar-refractivity contribution is -0.140. The third kappa shape index (κ3) is 3.44. The summed E-state index contributed by atoms with van der Waals surface area (Å²) in [6.07, 6.45) is 4.36. The summed E-state index contributed by atoms with van der Waals surface area (Å²) in [4.78, 5) is 16.5. The molecule has 1 amide bonds. The van der Waals surface area contributed by atoms with Crippen molar-refractivity contribution in [3.8, 4) is 0 Å². The molecule has 1 saturated heterocycles. The first-order valence-electron chi connectivity index (χ1n) is 7.99. The molecule has 0 spiro atoms. The number of piperazine rings is 1. The van der Waals surface area contributed by atoms with E-state index in [4.69, 9.17) is 0 Å². The molecule has 3 rings (SSSR count). The minimum absolute atomic E-state index is 0. The van der Waals surface area contributed by atoms with E-state index in [9.17, 15) is 9.18 Å². The molecule has 0 aliphatic carbocycles. The molecule has 3 nitrogen and oxygen atoms in total. The maximum Gasteiger partial charge on any atom is 0.237 e. The first-order valence-corrected chi connectivity index (χ1v) is 7.99. The van der Waals surface area contributed by atoms with E-state index in [0.29, 0.717) is 6.54 Å². The Bertz CT molecular complexity index is 537. The van der Waals surface area contributed by atoms with Crippen LogP contribution in [0.4, 0.5) is 4.39 Å². The van der Waals surface area contributed by atoms with Gasteiger partial charge < -0.3 is 4.90 Å². The molecule has 2 aliphatic rings. The molecule has 0 N–H and O–H groups in total. The van der Waals surface area contributed by atoms with Gasteiger partial charge in [0.2, 0.25) is 5.91 Å². The lowest BCUT2D eigenvalue weighted by Crippen LogP contribution is -2.54. The average molecular weight is 327 g/mol. The van der Waals surface area contributed by atoms with Crippen LogP contribution in [0.15, 0.2) is 18.2 Å². The summed E-state index contributed by atoms with van der Waals surface area (Å²) in [6.45, 7) is 5.28. The zero-order valence-electron chi connectivity index (χ0n) is 13.1. The molecule has 122 valence electrons. The van der Waals surface area contributed by atoms with Crippen molar-refractivity contribution in [2.45, 2.75) is 38.6 Å². The molecule has 0 bridgehead atoms. The third-order valence-corrected chi connectivity index (χ3v) is 4.65. The van der Waals surface area contributed by atoms with Gasteiger partial charge in [0.05, 0.1) is 12.6 Å². The number of rotatable bonds is 4. The highest BCUT2D eigenvalue weighted by Gasteiger charge is 2.36. The lowest BCUT2D eigenvalue weighted by Gasteiger charge is -2.44. The second kappa shape index (κ2) is 7.42. The number of carbonyl (C=O) groups is 1. The molecule has 5 heteroatoms. The van der Waals surface area contributed by atoms with Crippen LogP contribution >= 0.6 is 12.4 Å². The van der Waals surface area contributed by atoms with Crippen molar-refractivity contribution in [3.63, 3.8) is 0 Å². The van der Waals surface area contributed by atoms with Gasteiger partial charge >= 0.3 is 0 Å². The Hall–Kier alpha value is -1.13. The summed E-state index contributed by atoms with van der Waals surface area (Å²) in [5.41, 5.74) is 2.20. The van der Waals surface area contributed by atoms with E-state index in [2.05, 4.69) is 11.8 Å². The standard InChI is InChI=1S/C17H23FN2O.ClH/c1-2-3-4-8-19-11-16-15-10-14(18)6-5-13(15)7-9-20(16)17(21)12-19;/h5-6,10,16H,2-4,7-9,11-12H2,1H3;1H. The number of unbranched alkanes of at least 4 members (excludes halogenated alkanes) is 2. The second-order valence-electron chi connectivity index (χ2n) is 6.14. The van der Waals surface area contributed by atoms with Crippen molar-refractivity contribution >= 4 is 18.3 Å². The largest absolute Gasteiger partial charge is 0.333 e. The Labute approximate surface area is 137 Å². The first-order chi connectivity index (χ1) is 10.2. The molecule has 22 heavy (non-hydrogen) atoms. The van der Waals surface area contributed by atoms with Gasteiger partial charge in [-0.05, 0) is 42.6 Å². The number of nitrogens with zero attached hydrogens (tertiary/aromatic N) is 2. The van der Waals surface area contributed by atoms with Gasteiger partial charge in [-0.15, -0.1) is 12.4 Å². The first kappa shape index (κ1) is 17.2. The van der Waals surface area contributed by atoms with Gasteiger partial charge in [-0.25, -0.2) is 4.39 Å². The summed E-state index contributed by atoms with van der Waals surface area (Å²) in [5, 5.41) is 0. The lowest BCUT2D eigenvalue weighted by atomic mass is 9.90. The fraction of sp³-hybridized carbons (Fsp3) is 0.588. The van der Waals surface area contributed by atoms with Crippen LogP contribution in [0, 0.1) is 5.82 Å². The molecule has 1 atom stereocenters. The predicted octanol–water partition coefficient (Wildman–Crippen LogP) is 3.18. The van der Waals surface area contributed by atoms with Gasteiger partial charge in [0, 0.05) is 13.1 Å². The fourth-order valence-electron chi connectivity index (χ4n) is 3.51. The Morgan fingerprint density at radius 3 is 2.91 bits per heavy atom. The van der Waals surface area contributed by atoms with Crippen LogP contribution in [0.3, 0.4) is 0 Å². The van der Waals surface area contributed by atoms with Crippen molar-refractivity contribution < 1.29 is 9.18 Å². The predicted molar refractivity (Wildman–Crippen MR) is 87.8 cm³/mol. The van der Waals surface area contributed by atoms with Crippen LogP contribution < -0.4 is 0 Å². The van der Waals surface area contributed by atoms with Crippen molar-refractivity contribution in [3.05, 3.63) is 35.1 Å². The van der Waals surface area contributed by atoms with E-state index >= 15 is 0 Å². The SMILES string of the molecule is CCCCCN1CC(=O)N2CCc3ccc(F)cc3C2C1.Cl. The third-order valence-electron chi connectivity index (χ3n) is 4.65. The Morgan fingerprint density at radius 1 is 1.32 bits per heavy atom. The summed E-state index contributed by atoms with van der Waals surface area (Å²) < 4.78 is 13.6. The molecule has 1 unspecified atom stereocenters. The molecule has 0 radical (unpaired) electrons. The van der Waals surface area contributed by atoms with Gasteiger partial charge in [0.15, 0.2) is 0 Å². The number of benzene rings is 1. The van der Waals surface area contributed by atoms with Gasteiger partial charge in [-0.1, -0.05) is 25.8 Å². The summed E-state index contributed by atoms with van der Waals surface area (Å²) in [7, 11) is 0. The Morgan fingerprint density at radius 2 is 2.14 bits per heavy atom. The van der Waals surface area contributed by atoms with Crippen LogP contribution in [0.2, 0.25) is 0 Å². The molecular weight excluding hydrogens is 303 g/mol. The minimum atomic E-state index is -0.203. The minimum Gasteiger partial charge on any atom is -0.333 e. The van der Waals surface area contributed by atoms with Gasteiger partial charge in [0.1, 0.15) is 5.82 Å². The van der Waals surface area contributed by atoms with Gasteiger partial charge in [0.25, 0.3) is 0 Å². The van der Waals surface area contributed by atoms with Crippen molar-refractivity contribution in [2.75, 3.05) is 26.2 Å².